The number of nitro benzene ring substituents is 1. The van der Waals surface area contributed by atoms with Gasteiger partial charge in [0.1, 0.15) is 4.90 Å². The Balaban J connectivity index is 1.68. The Hall–Kier alpha value is -4.46. The van der Waals surface area contributed by atoms with Crippen molar-refractivity contribution < 1.29 is 40.2 Å². The molecule has 0 saturated carbocycles. The van der Waals surface area contributed by atoms with Gasteiger partial charge in [0.2, 0.25) is 5.91 Å². The van der Waals surface area contributed by atoms with Gasteiger partial charge in [-0.05, 0) is 41.5 Å². The predicted molar refractivity (Wildman–Crippen MR) is 125 cm³/mol. The van der Waals surface area contributed by atoms with Gasteiger partial charge < -0.3 is 8.92 Å². The van der Waals surface area contributed by atoms with Crippen molar-refractivity contribution in [1.82, 2.24) is 5.43 Å². The Kier molecular flexibility index (Phi) is 8.12. The summed E-state index contributed by atoms with van der Waals surface area (Å²) in [5.74, 6) is -0.890. The smallest absolute Gasteiger partial charge is 0.416 e. The molecule has 0 fully saturated rings. The average Bonchev–Trinajstić information content (AvgIpc) is 2.84. The molecule has 3 aromatic rings. The van der Waals surface area contributed by atoms with Crippen molar-refractivity contribution in [1.29, 1.82) is 0 Å². The van der Waals surface area contributed by atoms with Crippen LogP contribution in [0.1, 0.15) is 16.7 Å². The monoisotopic (exact) mass is 537 g/mol. The predicted octanol–water partition coefficient (Wildman–Crippen LogP) is 4.08. The number of nitro groups is 1. The van der Waals surface area contributed by atoms with Crippen molar-refractivity contribution in [2.45, 2.75) is 17.5 Å². The lowest BCUT2D eigenvalue weighted by atomic mass is 10.1. The first-order valence-corrected chi connectivity index (χ1v) is 11.6. The normalized spacial score (nSPS) is 11.8. The molecule has 0 atom stereocenters. The van der Waals surface area contributed by atoms with Crippen molar-refractivity contribution in [3.63, 3.8) is 0 Å². The summed E-state index contributed by atoms with van der Waals surface area (Å²) in [6.07, 6.45) is -3.67. The fraction of sp³-hybridized carbons (Fsp3) is 0.130. The lowest BCUT2D eigenvalue weighted by Gasteiger charge is -2.11. The van der Waals surface area contributed by atoms with E-state index < -0.39 is 43.3 Å². The molecule has 0 spiro atoms. The molecule has 0 aromatic heterocycles. The number of carbonyl (C=O) groups is 1. The number of benzene rings is 3. The number of nitrogens with zero attached hydrogens (tertiary/aromatic N) is 2. The Bertz CT molecular complexity index is 1460. The number of rotatable bonds is 9. The molecular formula is C23H18F3N3O7S. The SMILES string of the molecule is COc1cc(/C=N\NC(=O)Cc2cccc(C(F)(F)F)c2)ccc1OS(=O)(=O)c1cccc([N+](=O)[O-])c1. The van der Waals surface area contributed by atoms with Gasteiger partial charge in [0, 0.05) is 12.1 Å². The Morgan fingerprint density at radius 2 is 1.81 bits per heavy atom. The Morgan fingerprint density at radius 1 is 1.08 bits per heavy atom. The number of nitrogens with one attached hydrogen (secondary N) is 1. The molecule has 3 aromatic carbocycles. The van der Waals surface area contributed by atoms with Gasteiger partial charge in [0.15, 0.2) is 11.5 Å². The number of ether oxygens (including phenoxy) is 1. The third-order valence-corrected chi connectivity index (χ3v) is 5.96. The molecule has 14 heteroatoms. The first-order valence-electron chi connectivity index (χ1n) is 10.2. The fourth-order valence-corrected chi connectivity index (χ4v) is 3.99. The van der Waals surface area contributed by atoms with Crippen LogP contribution in [0.25, 0.3) is 0 Å². The number of hydrogen-bond acceptors (Lipinski definition) is 8. The van der Waals surface area contributed by atoms with Crippen LogP contribution in [0.15, 0.2) is 76.7 Å². The summed E-state index contributed by atoms with van der Waals surface area (Å²) in [4.78, 5) is 21.8. The molecule has 0 aliphatic carbocycles. The van der Waals surface area contributed by atoms with E-state index in [1.807, 2.05) is 0 Å². The summed E-state index contributed by atoms with van der Waals surface area (Å²) in [6.45, 7) is 0. The summed E-state index contributed by atoms with van der Waals surface area (Å²) >= 11 is 0. The van der Waals surface area contributed by atoms with Crippen LogP contribution in [0.4, 0.5) is 18.9 Å². The van der Waals surface area contributed by atoms with Crippen LogP contribution < -0.4 is 14.3 Å². The summed E-state index contributed by atoms with van der Waals surface area (Å²) in [5.41, 5.74) is 1.39. The van der Waals surface area contributed by atoms with Crippen molar-refractivity contribution in [2.24, 2.45) is 5.10 Å². The maximum absolute atomic E-state index is 12.8. The molecule has 37 heavy (non-hydrogen) atoms. The number of hydrazone groups is 1. The zero-order valence-corrected chi connectivity index (χ0v) is 19.7. The van der Waals surface area contributed by atoms with E-state index in [1.165, 1.54) is 49.7 Å². The summed E-state index contributed by atoms with van der Waals surface area (Å²) in [6, 6.07) is 12.7. The lowest BCUT2D eigenvalue weighted by molar-refractivity contribution is -0.385. The van der Waals surface area contributed by atoms with Crippen LogP contribution >= 0.6 is 0 Å². The zero-order chi connectivity index (χ0) is 27.2. The molecule has 1 amide bonds. The molecular weight excluding hydrogens is 519 g/mol. The number of amides is 1. The second-order valence-electron chi connectivity index (χ2n) is 7.37. The van der Waals surface area contributed by atoms with Crippen LogP contribution in [0.5, 0.6) is 11.5 Å². The highest BCUT2D eigenvalue weighted by molar-refractivity contribution is 7.87. The van der Waals surface area contributed by atoms with Gasteiger partial charge in [-0.15, -0.1) is 0 Å². The standard InChI is InChI=1S/C23H18F3N3O7S/c1-35-21-11-16(14-27-28-22(30)12-15-4-2-5-17(10-15)23(24,25)26)8-9-20(21)36-37(33,34)19-7-3-6-18(13-19)29(31)32/h2-11,13-14H,12H2,1H3,(H,28,30)/b27-14-. The van der Waals surface area contributed by atoms with Gasteiger partial charge in [0.25, 0.3) is 5.69 Å². The van der Waals surface area contributed by atoms with Crippen LogP contribution in [0.2, 0.25) is 0 Å². The van der Waals surface area contributed by atoms with E-state index >= 15 is 0 Å². The summed E-state index contributed by atoms with van der Waals surface area (Å²) in [5, 5.41) is 14.7. The highest BCUT2D eigenvalue weighted by Gasteiger charge is 2.30. The maximum Gasteiger partial charge on any atom is 0.416 e. The molecule has 0 heterocycles. The van der Waals surface area contributed by atoms with Gasteiger partial charge >= 0.3 is 16.3 Å². The number of hydrogen-bond donors (Lipinski definition) is 1. The van der Waals surface area contributed by atoms with Crippen molar-refractivity contribution in [3.8, 4) is 11.5 Å². The lowest BCUT2D eigenvalue weighted by Crippen LogP contribution is -2.20. The number of alkyl halides is 3. The highest BCUT2D eigenvalue weighted by Crippen LogP contribution is 2.31. The summed E-state index contributed by atoms with van der Waals surface area (Å²) < 4.78 is 73.8. The molecule has 194 valence electrons. The quantitative estimate of drug-likeness (QED) is 0.188. The van der Waals surface area contributed by atoms with E-state index in [-0.39, 0.29) is 23.5 Å². The van der Waals surface area contributed by atoms with Gasteiger partial charge in [-0.3, -0.25) is 14.9 Å². The van der Waals surface area contributed by atoms with Gasteiger partial charge in [0.05, 0.1) is 30.2 Å². The molecule has 0 saturated heterocycles. The van der Waals surface area contributed by atoms with E-state index in [0.717, 1.165) is 30.3 Å². The van der Waals surface area contributed by atoms with Crippen LogP contribution in [-0.2, 0) is 27.5 Å². The van der Waals surface area contributed by atoms with Crippen molar-refractivity contribution in [3.05, 3.63) is 93.5 Å². The third kappa shape index (κ3) is 7.27. The first kappa shape index (κ1) is 27.1. The van der Waals surface area contributed by atoms with Crippen LogP contribution in [0.3, 0.4) is 0 Å². The molecule has 10 nitrogen and oxygen atoms in total. The molecule has 0 radical (unpaired) electrons. The highest BCUT2D eigenvalue weighted by atomic mass is 32.2. The Labute approximate surface area is 208 Å². The second kappa shape index (κ2) is 11.1. The van der Waals surface area contributed by atoms with E-state index in [2.05, 4.69) is 10.5 Å². The molecule has 0 aliphatic heterocycles. The summed E-state index contributed by atoms with van der Waals surface area (Å²) in [7, 11) is -3.18. The van der Waals surface area contributed by atoms with Gasteiger partial charge in [-0.1, -0.05) is 24.3 Å². The third-order valence-electron chi connectivity index (χ3n) is 4.73. The van der Waals surface area contributed by atoms with Crippen LogP contribution in [-0.4, -0.2) is 32.6 Å². The van der Waals surface area contributed by atoms with E-state index in [9.17, 15) is 36.5 Å². The van der Waals surface area contributed by atoms with Crippen LogP contribution in [0, 0.1) is 10.1 Å². The molecule has 1 N–H and O–H groups in total. The molecule has 0 aliphatic rings. The number of halogens is 3. The van der Waals surface area contributed by atoms with Gasteiger partial charge in [-0.2, -0.15) is 26.7 Å². The second-order valence-corrected chi connectivity index (χ2v) is 8.92. The number of non-ortho nitro benzene ring substituents is 1. The minimum absolute atomic E-state index is 0.0201. The molecule has 0 bridgehead atoms. The van der Waals surface area contributed by atoms with E-state index in [1.54, 1.807) is 0 Å². The number of methoxy groups -OCH3 is 1. The van der Waals surface area contributed by atoms with Crippen molar-refractivity contribution >= 4 is 27.9 Å². The average molecular weight is 537 g/mol. The van der Waals surface area contributed by atoms with Gasteiger partial charge in [-0.25, -0.2) is 5.43 Å². The fourth-order valence-electron chi connectivity index (χ4n) is 3.01. The minimum atomic E-state index is -4.53. The topological polar surface area (TPSA) is 137 Å². The zero-order valence-electron chi connectivity index (χ0n) is 18.9. The maximum atomic E-state index is 12.8. The molecule has 0 unspecified atom stereocenters. The minimum Gasteiger partial charge on any atom is -0.493 e. The van der Waals surface area contributed by atoms with E-state index in [4.69, 9.17) is 8.92 Å². The number of carbonyl (C=O) groups excluding carboxylic acids is 1. The Morgan fingerprint density at radius 3 is 2.49 bits per heavy atom. The first-order chi connectivity index (χ1) is 17.4. The largest absolute Gasteiger partial charge is 0.493 e. The molecule has 3 rings (SSSR count). The van der Waals surface area contributed by atoms with E-state index in [0.29, 0.717) is 5.56 Å². The van der Waals surface area contributed by atoms with Crippen molar-refractivity contribution in [2.75, 3.05) is 7.11 Å².